The van der Waals surface area contributed by atoms with Crippen LogP contribution in [0.2, 0.25) is 0 Å². The monoisotopic (exact) mass is 302 g/mol. The van der Waals surface area contributed by atoms with Gasteiger partial charge in [-0.1, -0.05) is 13.3 Å². The van der Waals surface area contributed by atoms with Gasteiger partial charge in [0.25, 0.3) is 0 Å². The molecule has 1 N–H and O–H groups in total. The molecule has 0 bridgehead atoms. The van der Waals surface area contributed by atoms with Gasteiger partial charge in [-0.05, 0) is 59.7 Å². The van der Waals surface area contributed by atoms with Crippen LogP contribution in [-0.4, -0.2) is 10.7 Å². The van der Waals surface area contributed by atoms with Crippen molar-refractivity contribution in [1.29, 1.82) is 0 Å². The molecule has 0 amide bonds. The Morgan fingerprint density at radius 2 is 2.12 bits per heavy atom. The van der Waals surface area contributed by atoms with Crippen LogP contribution in [0.5, 0.6) is 0 Å². The number of thiophene rings is 1. The molecule has 1 aliphatic carbocycles. The molecule has 1 aliphatic rings. The number of rotatable bonds is 3. The molecule has 16 heavy (non-hydrogen) atoms. The van der Waals surface area contributed by atoms with Gasteiger partial charge >= 0.3 is 0 Å². The van der Waals surface area contributed by atoms with E-state index in [0.29, 0.717) is 0 Å². The molecule has 0 atom stereocenters. The van der Waals surface area contributed by atoms with E-state index in [9.17, 15) is 5.11 Å². The second-order valence-electron chi connectivity index (χ2n) is 4.96. The van der Waals surface area contributed by atoms with E-state index in [1.807, 2.05) is 0 Å². The Bertz CT molecular complexity index is 339. The molecule has 0 aromatic carbocycles. The number of hydrogen-bond donors (Lipinski definition) is 1. The van der Waals surface area contributed by atoms with E-state index >= 15 is 0 Å². The minimum atomic E-state index is -0.435. The lowest BCUT2D eigenvalue weighted by atomic mass is 9.76. The topological polar surface area (TPSA) is 20.2 Å². The molecule has 0 saturated heterocycles. The number of hydrogen-bond acceptors (Lipinski definition) is 2. The average molecular weight is 303 g/mol. The van der Waals surface area contributed by atoms with Gasteiger partial charge in [0.1, 0.15) is 0 Å². The van der Waals surface area contributed by atoms with E-state index in [-0.39, 0.29) is 0 Å². The van der Waals surface area contributed by atoms with Crippen molar-refractivity contribution in [3.63, 3.8) is 0 Å². The second-order valence-corrected chi connectivity index (χ2v) is 7.51. The maximum atomic E-state index is 10.5. The first-order valence-corrected chi connectivity index (χ1v) is 7.69. The second kappa shape index (κ2) is 5.19. The largest absolute Gasteiger partial charge is 0.390 e. The van der Waals surface area contributed by atoms with E-state index in [4.69, 9.17) is 0 Å². The highest BCUT2D eigenvalue weighted by Crippen LogP contribution is 2.37. The minimum absolute atomic E-state index is 0.435. The molecule has 3 heteroatoms. The van der Waals surface area contributed by atoms with E-state index in [2.05, 4.69) is 35.0 Å². The van der Waals surface area contributed by atoms with Crippen LogP contribution in [-0.2, 0) is 6.42 Å². The van der Waals surface area contributed by atoms with Crippen molar-refractivity contribution < 1.29 is 5.11 Å². The Balaban J connectivity index is 1.94. The van der Waals surface area contributed by atoms with Crippen LogP contribution in [0.3, 0.4) is 0 Å². The van der Waals surface area contributed by atoms with Gasteiger partial charge in [0.2, 0.25) is 0 Å². The van der Waals surface area contributed by atoms with Gasteiger partial charge in [-0.15, -0.1) is 11.3 Å². The predicted molar refractivity (Wildman–Crippen MR) is 72.9 cm³/mol. The molecule has 1 heterocycles. The zero-order chi connectivity index (χ0) is 11.6. The Hall–Kier alpha value is 0.140. The SMILES string of the molecule is CCC1CCC(O)(Cc2ccc(Br)s2)CC1. The number of aliphatic hydroxyl groups is 1. The standard InChI is InChI=1S/C13H19BrOS/c1-2-10-5-7-13(15,8-6-10)9-11-3-4-12(14)16-11/h3-4,10,15H,2,5-9H2,1H3. The van der Waals surface area contributed by atoms with E-state index in [1.54, 1.807) is 11.3 Å². The van der Waals surface area contributed by atoms with Crippen molar-refractivity contribution in [2.24, 2.45) is 5.92 Å². The average Bonchev–Trinajstić information content (AvgIpc) is 2.64. The summed E-state index contributed by atoms with van der Waals surface area (Å²) in [6.07, 6.45) is 6.43. The minimum Gasteiger partial charge on any atom is -0.390 e. The molecule has 1 fully saturated rings. The maximum Gasteiger partial charge on any atom is 0.0701 e. The normalized spacial score (nSPS) is 30.6. The zero-order valence-electron chi connectivity index (χ0n) is 9.71. The molecule has 1 aromatic heterocycles. The molecule has 0 spiro atoms. The van der Waals surface area contributed by atoms with Crippen molar-refractivity contribution in [2.75, 3.05) is 0 Å². The number of halogens is 1. The van der Waals surface area contributed by atoms with Crippen molar-refractivity contribution >= 4 is 27.3 Å². The summed E-state index contributed by atoms with van der Waals surface area (Å²) >= 11 is 5.22. The zero-order valence-corrected chi connectivity index (χ0v) is 12.1. The lowest BCUT2D eigenvalue weighted by molar-refractivity contribution is -0.00857. The van der Waals surface area contributed by atoms with Gasteiger partial charge < -0.3 is 5.11 Å². The fourth-order valence-corrected chi connectivity index (χ4v) is 4.19. The van der Waals surface area contributed by atoms with Crippen LogP contribution in [0.25, 0.3) is 0 Å². The Morgan fingerprint density at radius 3 is 2.62 bits per heavy atom. The summed E-state index contributed by atoms with van der Waals surface area (Å²) in [5.74, 6) is 0.843. The smallest absolute Gasteiger partial charge is 0.0701 e. The van der Waals surface area contributed by atoms with Crippen molar-refractivity contribution in [3.05, 3.63) is 20.8 Å². The quantitative estimate of drug-likeness (QED) is 0.878. The van der Waals surface area contributed by atoms with Gasteiger partial charge in [-0.2, -0.15) is 0 Å². The Kier molecular flexibility index (Phi) is 4.09. The van der Waals surface area contributed by atoms with Crippen LogP contribution in [0.1, 0.15) is 43.9 Å². The lowest BCUT2D eigenvalue weighted by Crippen LogP contribution is -2.35. The molecule has 2 rings (SSSR count). The Labute approximate surface area is 110 Å². The lowest BCUT2D eigenvalue weighted by Gasteiger charge is -2.35. The van der Waals surface area contributed by atoms with Gasteiger partial charge in [-0.25, -0.2) is 0 Å². The molecule has 1 aromatic rings. The summed E-state index contributed by atoms with van der Waals surface area (Å²) in [4.78, 5) is 1.30. The van der Waals surface area contributed by atoms with Crippen LogP contribution in [0, 0.1) is 5.92 Å². The molecule has 90 valence electrons. The van der Waals surface area contributed by atoms with Crippen molar-refractivity contribution in [3.8, 4) is 0 Å². The van der Waals surface area contributed by atoms with Crippen LogP contribution in [0.4, 0.5) is 0 Å². The first-order chi connectivity index (χ1) is 7.61. The summed E-state index contributed by atoms with van der Waals surface area (Å²) < 4.78 is 1.16. The molecular formula is C13H19BrOS. The first-order valence-electron chi connectivity index (χ1n) is 6.08. The molecular weight excluding hydrogens is 284 g/mol. The molecule has 0 aliphatic heterocycles. The summed E-state index contributed by atoms with van der Waals surface area (Å²) in [6, 6.07) is 4.19. The summed E-state index contributed by atoms with van der Waals surface area (Å²) in [6.45, 7) is 2.26. The van der Waals surface area contributed by atoms with Gasteiger partial charge in [0.05, 0.1) is 9.39 Å². The van der Waals surface area contributed by atoms with Crippen LogP contribution < -0.4 is 0 Å². The van der Waals surface area contributed by atoms with E-state index in [1.165, 1.54) is 24.1 Å². The van der Waals surface area contributed by atoms with Crippen molar-refractivity contribution in [2.45, 2.75) is 51.0 Å². The highest BCUT2D eigenvalue weighted by molar-refractivity contribution is 9.11. The summed E-state index contributed by atoms with van der Waals surface area (Å²) in [5.41, 5.74) is -0.435. The summed E-state index contributed by atoms with van der Waals surface area (Å²) in [5, 5.41) is 10.5. The third-order valence-electron chi connectivity index (χ3n) is 3.75. The first kappa shape index (κ1) is 12.6. The fraction of sp³-hybridized carbons (Fsp3) is 0.692. The van der Waals surface area contributed by atoms with E-state index < -0.39 is 5.60 Å². The third kappa shape index (κ3) is 3.08. The highest BCUT2D eigenvalue weighted by Gasteiger charge is 2.32. The summed E-state index contributed by atoms with van der Waals surface area (Å²) in [7, 11) is 0. The van der Waals surface area contributed by atoms with Crippen LogP contribution in [0.15, 0.2) is 15.9 Å². The van der Waals surface area contributed by atoms with Gasteiger partial charge in [0, 0.05) is 11.3 Å². The van der Waals surface area contributed by atoms with E-state index in [0.717, 1.165) is 29.0 Å². The fourth-order valence-electron chi connectivity index (χ4n) is 2.57. The molecule has 0 radical (unpaired) electrons. The predicted octanol–water partition coefficient (Wildman–Crippen LogP) is 4.38. The maximum absolute atomic E-state index is 10.5. The third-order valence-corrected chi connectivity index (χ3v) is 5.37. The van der Waals surface area contributed by atoms with Gasteiger partial charge in [0.15, 0.2) is 0 Å². The highest BCUT2D eigenvalue weighted by atomic mass is 79.9. The van der Waals surface area contributed by atoms with Gasteiger partial charge in [-0.3, -0.25) is 0 Å². The molecule has 0 unspecified atom stereocenters. The van der Waals surface area contributed by atoms with Crippen LogP contribution >= 0.6 is 27.3 Å². The van der Waals surface area contributed by atoms with Crippen molar-refractivity contribution in [1.82, 2.24) is 0 Å². The molecule has 1 saturated carbocycles. The molecule has 1 nitrogen and oxygen atoms in total. The Morgan fingerprint density at radius 1 is 1.44 bits per heavy atom.